The van der Waals surface area contributed by atoms with Crippen LogP contribution in [-0.4, -0.2) is 30.8 Å². The van der Waals surface area contributed by atoms with Gasteiger partial charge in [0.2, 0.25) is 5.91 Å². The van der Waals surface area contributed by atoms with Crippen molar-refractivity contribution in [2.45, 2.75) is 32.2 Å². The molecule has 1 unspecified atom stereocenters. The van der Waals surface area contributed by atoms with Crippen LogP contribution >= 0.6 is 0 Å². The number of nitrogens with one attached hydrogen (secondary N) is 1. The first-order chi connectivity index (χ1) is 12.0. The molecule has 0 spiro atoms. The summed E-state index contributed by atoms with van der Waals surface area (Å²) in [6.07, 6.45) is 1.78. The predicted molar refractivity (Wildman–Crippen MR) is 100 cm³/mol. The summed E-state index contributed by atoms with van der Waals surface area (Å²) in [7, 11) is 3.46. The van der Waals surface area contributed by atoms with E-state index in [4.69, 9.17) is 0 Å². The number of benzene rings is 2. The predicted octanol–water partition coefficient (Wildman–Crippen LogP) is 3.59. The largest absolute Gasteiger partial charge is 0.351 e. The molecule has 0 bridgehead atoms. The molecule has 0 aliphatic rings. The second-order valence-corrected chi connectivity index (χ2v) is 6.37. The average molecular weight is 338 g/mol. The van der Waals surface area contributed by atoms with E-state index in [1.54, 1.807) is 31.1 Å². The minimum absolute atomic E-state index is 0.0253. The van der Waals surface area contributed by atoms with Crippen LogP contribution in [0.4, 0.5) is 0 Å². The molecule has 132 valence electrons. The number of hydrogen-bond donors (Lipinski definition) is 1. The Kier molecular flexibility index (Phi) is 6.75. The van der Waals surface area contributed by atoms with Gasteiger partial charge in [0.05, 0.1) is 5.92 Å². The Labute approximate surface area is 149 Å². The first kappa shape index (κ1) is 18.7. The minimum atomic E-state index is -0.124. The van der Waals surface area contributed by atoms with Gasteiger partial charge in [-0.2, -0.15) is 0 Å². The summed E-state index contributed by atoms with van der Waals surface area (Å²) in [4.78, 5) is 26.0. The van der Waals surface area contributed by atoms with Crippen molar-refractivity contribution in [1.29, 1.82) is 0 Å². The third-order valence-corrected chi connectivity index (χ3v) is 4.17. The maximum Gasteiger partial charge on any atom is 0.253 e. The Morgan fingerprint density at radius 1 is 1.00 bits per heavy atom. The van der Waals surface area contributed by atoms with E-state index in [1.165, 1.54) is 0 Å². The van der Waals surface area contributed by atoms with Crippen molar-refractivity contribution in [3.8, 4) is 0 Å². The van der Waals surface area contributed by atoms with Gasteiger partial charge in [-0.05, 0) is 29.7 Å². The highest BCUT2D eigenvalue weighted by molar-refractivity contribution is 5.93. The van der Waals surface area contributed by atoms with E-state index in [0.29, 0.717) is 12.1 Å². The second-order valence-electron chi connectivity index (χ2n) is 6.37. The quantitative estimate of drug-likeness (QED) is 0.839. The molecule has 0 aromatic heterocycles. The molecule has 25 heavy (non-hydrogen) atoms. The topological polar surface area (TPSA) is 49.4 Å². The zero-order chi connectivity index (χ0) is 18.2. The molecule has 0 aliphatic heterocycles. The van der Waals surface area contributed by atoms with Gasteiger partial charge in [0.1, 0.15) is 0 Å². The van der Waals surface area contributed by atoms with E-state index in [0.717, 1.165) is 24.0 Å². The first-order valence-electron chi connectivity index (χ1n) is 8.66. The van der Waals surface area contributed by atoms with Crippen molar-refractivity contribution in [3.05, 3.63) is 71.3 Å². The van der Waals surface area contributed by atoms with Crippen molar-refractivity contribution < 1.29 is 9.59 Å². The van der Waals surface area contributed by atoms with Crippen LogP contribution in [0.2, 0.25) is 0 Å². The summed E-state index contributed by atoms with van der Waals surface area (Å²) < 4.78 is 0. The minimum Gasteiger partial charge on any atom is -0.351 e. The van der Waals surface area contributed by atoms with Gasteiger partial charge in [-0.3, -0.25) is 9.59 Å². The van der Waals surface area contributed by atoms with Crippen LogP contribution in [0.1, 0.15) is 47.2 Å². The molecule has 1 N–H and O–H groups in total. The summed E-state index contributed by atoms with van der Waals surface area (Å²) >= 11 is 0. The molecule has 4 heteroatoms. The lowest BCUT2D eigenvalue weighted by Gasteiger charge is -2.17. The number of amides is 2. The molecule has 0 aliphatic carbocycles. The summed E-state index contributed by atoms with van der Waals surface area (Å²) in [6.45, 7) is 2.55. The van der Waals surface area contributed by atoms with E-state index in [9.17, 15) is 9.59 Å². The van der Waals surface area contributed by atoms with Crippen molar-refractivity contribution >= 4 is 11.8 Å². The fraction of sp³-hybridized carbons (Fsp3) is 0.333. The van der Waals surface area contributed by atoms with E-state index < -0.39 is 0 Å². The van der Waals surface area contributed by atoms with Crippen molar-refractivity contribution in [3.63, 3.8) is 0 Å². The Morgan fingerprint density at radius 3 is 2.20 bits per heavy atom. The van der Waals surface area contributed by atoms with Gasteiger partial charge < -0.3 is 10.2 Å². The van der Waals surface area contributed by atoms with Crippen LogP contribution in [0, 0.1) is 0 Å². The summed E-state index contributed by atoms with van der Waals surface area (Å²) in [5.74, 6) is -0.107. The van der Waals surface area contributed by atoms with Gasteiger partial charge >= 0.3 is 0 Å². The Morgan fingerprint density at radius 2 is 1.64 bits per heavy atom. The fourth-order valence-electron chi connectivity index (χ4n) is 2.76. The molecule has 2 aromatic rings. The summed E-state index contributed by atoms with van der Waals surface area (Å²) in [6, 6.07) is 17.2. The van der Waals surface area contributed by atoms with E-state index >= 15 is 0 Å². The lowest BCUT2D eigenvalue weighted by atomic mass is 9.93. The van der Waals surface area contributed by atoms with E-state index in [1.807, 2.05) is 42.5 Å². The number of hydrogen-bond acceptors (Lipinski definition) is 2. The van der Waals surface area contributed by atoms with Gasteiger partial charge in [-0.1, -0.05) is 55.8 Å². The first-order valence-corrected chi connectivity index (χ1v) is 8.66. The monoisotopic (exact) mass is 338 g/mol. The highest BCUT2D eigenvalue weighted by atomic mass is 16.2. The molecule has 2 aromatic carbocycles. The molecule has 1 atom stereocenters. The van der Waals surface area contributed by atoms with E-state index in [2.05, 4.69) is 12.2 Å². The average Bonchev–Trinajstić information content (AvgIpc) is 2.64. The lowest BCUT2D eigenvalue weighted by molar-refractivity contribution is -0.122. The molecule has 4 nitrogen and oxygen atoms in total. The number of carbonyl (C=O) groups excluding carboxylic acids is 2. The number of carbonyl (C=O) groups is 2. The van der Waals surface area contributed by atoms with Crippen LogP contribution < -0.4 is 5.32 Å². The molecule has 0 saturated carbocycles. The normalized spacial score (nSPS) is 11.6. The Bertz CT molecular complexity index is 694. The van der Waals surface area contributed by atoms with Crippen molar-refractivity contribution in [2.24, 2.45) is 0 Å². The second kappa shape index (κ2) is 9.02. The van der Waals surface area contributed by atoms with Gasteiger partial charge in [-0.15, -0.1) is 0 Å². The van der Waals surface area contributed by atoms with Crippen LogP contribution in [0.5, 0.6) is 0 Å². The van der Waals surface area contributed by atoms with Gasteiger partial charge in [0.25, 0.3) is 5.91 Å². The number of rotatable bonds is 7. The molecule has 2 amide bonds. The maximum atomic E-state index is 12.6. The van der Waals surface area contributed by atoms with Gasteiger partial charge in [0.15, 0.2) is 0 Å². The van der Waals surface area contributed by atoms with Gasteiger partial charge in [0, 0.05) is 26.2 Å². The Hall–Kier alpha value is -2.62. The molecule has 0 fully saturated rings. The zero-order valence-electron chi connectivity index (χ0n) is 15.2. The Balaban J connectivity index is 1.99. The highest BCUT2D eigenvalue weighted by Gasteiger charge is 2.19. The van der Waals surface area contributed by atoms with Gasteiger partial charge in [-0.25, -0.2) is 0 Å². The molecule has 0 radical (unpaired) electrons. The number of nitrogens with zero attached hydrogens (tertiary/aromatic N) is 1. The standard InChI is InChI=1S/C21H26N2O2/c1-4-8-19(17-9-6-5-7-10-17)20(24)22-15-16-11-13-18(14-12-16)21(25)23(2)3/h5-7,9-14,19H,4,8,15H2,1-3H3,(H,22,24). The SMILES string of the molecule is CCCC(C(=O)NCc1ccc(C(=O)N(C)C)cc1)c1ccccc1. The fourth-order valence-corrected chi connectivity index (χ4v) is 2.76. The van der Waals surface area contributed by atoms with Crippen molar-refractivity contribution in [2.75, 3.05) is 14.1 Å². The van der Waals surface area contributed by atoms with Crippen molar-refractivity contribution in [1.82, 2.24) is 10.2 Å². The summed E-state index contributed by atoms with van der Waals surface area (Å²) in [5, 5.41) is 3.02. The molecular formula is C21H26N2O2. The maximum absolute atomic E-state index is 12.6. The van der Waals surface area contributed by atoms with E-state index in [-0.39, 0.29) is 17.7 Å². The van der Waals surface area contributed by atoms with Crippen LogP contribution in [-0.2, 0) is 11.3 Å². The molecule has 0 saturated heterocycles. The molecular weight excluding hydrogens is 312 g/mol. The van der Waals surface area contributed by atoms with Crippen LogP contribution in [0.25, 0.3) is 0 Å². The third-order valence-electron chi connectivity index (χ3n) is 4.17. The lowest BCUT2D eigenvalue weighted by Crippen LogP contribution is -2.29. The van der Waals surface area contributed by atoms with Crippen LogP contribution in [0.15, 0.2) is 54.6 Å². The highest BCUT2D eigenvalue weighted by Crippen LogP contribution is 2.21. The summed E-state index contributed by atoms with van der Waals surface area (Å²) in [5.41, 5.74) is 2.67. The zero-order valence-corrected chi connectivity index (χ0v) is 15.2. The smallest absolute Gasteiger partial charge is 0.253 e. The van der Waals surface area contributed by atoms with Crippen LogP contribution in [0.3, 0.4) is 0 Å². The third kappa shape index (κ3) is 5.18. The molecule has 0 heterocycles. The molecule has 2 rings (SSSR count).